The Bertz CT molecular complexity index is 1020. The van der Waals surface area contributed by atoms with Crippen LogP contribution < -0.4 is 9.62 Å². The highest BCUT2D eigenvalue weighted by Crippen LogP contribution is 2.40. The number of benzene rings is 2. The summed E-state index contributed by atoms with van der Waals surface area (Å²) in [7, 11) is -3.71. The molecule has 1 heterocycles. The molecular weight excluding hydrogens is 391 g/mol. The van der Waals surface area contributed by atoms with Crippen LogP contribution in [0.1, 0.15) is 56.7 Å². The van der Waals surface area contributed by atoms with E-state index in [0.29, 0.717) is 11.1 Å². The number of carbonyl (C=O) groups excluding carboxylic acids is 1. The Balaban J connectivity index is 1.89. The van der Waals surface area contributed by atoms with Gasteiger partial charge in [0.1, 0.15) is 5.82 Å². The molecule has 0 aliphatic carbocycles. The number of nitrogens with one attached hydrogen (secondary N) is 1. The number of fused-ring (bicyclic) bond motifs is 1. The summed E-state index contributed by atoms with van der Waals surface area (Å²) >= 11 is 0. The second kappa shape index (κ2) is 8.14. The molecule has 0 saturated carbocycles. The number of aryl methyl sites for hydroxylation is 1. The molecule has 29 heavy (non-hydrogen) atoms. The van der Waals surface area contributed by atoms with Crippen molar-refractivity contribution >= 4 is 27.3 Å². The predicted molar refractivity (Wildman–Crippen MR) is 114 cm³/mol. The van der Waals surface area contributed by atoms with E-state index in [4.69, 9.17) is 0 Å². The number of amides is 1. The number of hydrogen-bond donors (Lipinski definition) is 1. The van der Waals surface area contributed by atoms with Crippen LogP contribution in [0.4, 0.5) is 15.8 Å². The summed E-state index contributed by atoms with van der Waals surface area (Å²) in [4.78, 5) is 13.8. The molecular formula is C22H27FN2O3S. The van der Waals surface area contributed by atoms with Gasteiger partial charge in [-0.15, -0.1) is 0 Å². The molecule has 0 radical (unpaired) electrons. The zero-order valence-electron chi connectivity index (χ0n) is 17.2. The van der Waals surface area contributed by atoms with Crippen molar-refractivity contribution in [1.29, 1.82) is 0 Å². The number of nitrogens with zero attached hydrogens (tertiary/aromatic N) is 1. The van der Waals surface area contributed by atoms with E-state index >= 15 is 0 Å². The van der Waals surface area contributed by atoms with Gasteiger partial charge in [0.05, 0.1) is 17.1 Å². The molecule has 0 fully saturated rings. The largest absolute Gasteiger partial charge is 0.307 e. The first-order valence-corrected chi connectivity index (χ1v) is 11.5. The van der Waals surface area contributed by atoms with Crippen molar-refractivity contribution in [3.63, 3.8) is 0 Å². The van der Waals surface area contributed by atoms with E-state index in [-0.39, 0.29) is 41.4 Å². The Kier molecular flexibility index (Phi) is 5.98. The molecule has 3 rings (SSSR count). The summed E-state index contributed by atoms with van der Waals surface area (Å²) in [5.74, 6) is -1.10. The first-order chi connectivity index (χ1) is 13.6. The van der Waals surface area contributed by atoms with Crippen LogP contribution in [0.2, 0.25) is 0 Å². The second-order valence-corrected chi connectivity index (χ2v) is 9.61. The molecule has 2 aromatic carbocycles. The lowest BCUT2D eigenvalue weighted by Crippen LogP contribution is -2.41. The van der Waals surface area contributed by atoms with Gasteiger partial charge in [-0.05, 0) is 48.9 Å². The maximum atomic E-state index is 14.9. The van der Waals surface area contributed by atoms with Gasteiger partial charge in [0, 0.05) is 18.5 Å². The quantitative estimate of drug-likeness (QED) is 0.747. The molecule has 1 unspecified atom stereocenters. The second-order valence-electron chi connectivity index (χ2n) is 7.89. The lowest BCUT2D eigenvalue weighted by atomic mass is 9.89. The molecule has 5 nitrogen and oxygen atoms in total. The minimum atomic E-state index is -3.71. The first-order valence-electron chi connectivity index (χ1n) is 9.85. The Morgan fingerprint density at radius 1 is 1.17 bits per heavy atom. The van der Waals surface area contributed by atoms with E-state index in [0.717, 1.165) is 18.1 Å². The van der Waals surface area contributed by atoms with E-state index in [1.54, 1.807) is 18.2 Å². The molecule has 1 aliphatic heterocycles. The van der Waals surface area contributed by atoms with Crippen molar-refractivity contribution in [2.24, 2.45) is 0 Å². The fourth-order valence-corrected chi connectivity index (χ4v) is 4.94. The van der Waals surface area contributed by atoms with Crippen molar-refractivity contribution in [3.05, 3.63) is 58.9 Å². The van der Waals surface area contributed by atoms with Crippen LogP contribution in [-0.2, 0) is 27.0 Å². The molecule has 0 spiro atoms. The molecule has 7 heteroatoms. The number of hydrogen-bond acceptors (Lipinski definition) is 3. The lowest BCUT2D eigenvalue weighted by molar-refractivity contribution is -0.119. The van der Waals surface area contributed by atoms with Gasteiger partial charge in [0.15, 0.2) is 0 Å². The van der Waals surface area contributed by atoms with Gasteiger partial charge in [-0.25, -0.2) is 12.8 Å². The minimum absolute atomic E-state index is 0.122. The van der Waals surface area contributed by atoms with Crippen molar-refractivity contribution < 1.29 is 17.6 Å². The number of halogens is 1. The molecule has 0 saturated heterocycles. The van der Waals surface area contributed by atoms with E-state index < -0.39 is 15.8 Å². The summed E-state index contributed by atoms with van der Waals surface area (Å²) in [5.41, 5.74) is 2.87. The fraction of sp³-hybridized carbons (Fsp3) is 0.409. The molecule has 0 aromatic heterocycles. The van der Waals surface area contributed by atoms with Crippen molar-refractivity contribution in [3.8, 4) is 0 Å². The molecule has 0 bridgehead atoms. The van der Waals surface area contributed by atoms with Gasteiger partial charge in [0.25, 0.3) is 0 Å². The van der Waals surface area contributed by atoms with Crippen LogP contribution in [0.3, 0.4) is 0 Å². The molecule has 1 aliphatic rings. The highest BCUT2D eigenvalue weighted by molar-refractivity contribution is 7.91. The van der Waals surface area contributed by atoms with Gasteiger partial charge in [0.2, 0.25) is 15.9 Å². The van der Waals surface area contributed by atoms with Crippen LogP contribution >= 0.6 is 0 Å². The summed E-state index contributed by atoms with van der Waals surface area (Å²) < 4.78 is 42.7. The highest BCUT2D eigenvalue weighted by Gasteiger charge is 2.33. The Morgan fingerprint density at radius 2 is 1.79 bits per heavy atom. The minimum Gasteiger partial charge on any atom is -0.307 e. The van der Waals surface area contributed by atoms with Crippen LogP contribution in [-0.4, -0.2) is 20.4 Å². The zero-order chi connectivity index (χ0) is 21.3. The van der Waals surface area contributed by atoms with Crippen LogP contribution in [0, 0.1) is 5.82 Å². The maximum absolute atomic E-state index is 14.9. The smallest absolute Gasteiger partial charge is 0.236 e. The SMILES string of the molecule is CCc1ccc(CS(=O)(=O)Nc2cc(F)c3c(c2)C(C)CC(=O)N3C(C)C)cc1. The average molecular weight is 419 g/mol. The highest BCUT2D eigenvalue weighted by atomic mass is 32.2. The maximum Gasteiger partial charge on any atom is 0.236 e. The fourth-order valence-electron chi connectivity index (χ4n) is 3.76. The van der Waals surface area contributed by atoms with Gasteiger partial charge in [-0.3, -0.25) is 9.52 Å². The van der Waals surface area contributed by atoms with Crippen molar-refractivity contribution in [2.45, 2.75) is 58.2 Å². The first kappa shape index (κ1) is 21.3. The van der Waals surface area contributed by atoms with E-state index in [1.807, 2.05) is 39.8 Å². The number of sulfonamides is 1. The Labute approximate surface area is 172 Å². The summed E-state index contributed by atoms with van der Waals surface area (Å²) in [5, 5.41) is 0. The monoisotopic (exact) mass is 418 g/mol. The normalized spacial score (nSPS) is 16.8. The summed E-state index contributed by atoms with van der Waals surface area (Å²) in [6, 6.07) is 10.0. The van der Waals surface area contributed by atoms with E-state index in [1.165, 1.54) is 4.90 Å². The zero-order valence-corrected chi connectivity index (χ0v) is 18.0. The van der Waals surface area contributed by atoms with Crippen LogP contribution in [0.15, 0.2) is 36.4 Å². The standard InChI is InChI=1S/C22H27FN2O3S/c1-5-16-6-8-17(9-7-16)13-29(27,28)24-18-11-19-15(4)10-21(26)25(14(2)3)22(19)20(23)12-18/h6-9,11-12,14-15,24H,5,10,13H2,1-4H3. The van der Waals surface area contributed by atoms with Gasteiger partial charge in [-0.2, -0.15) is 0 Å². The lowest BCUT2D eigenvalue weighted by Gasteiger charge is -2.36. The number of anilines is 2. The molecule has 1 amide bonds. The van der Waals surface area contributed by atoms with Gasteiger partial charge in [-0.1, -0.05) is 38.1 Å². The van der Waals surface area contributed by atoms with Crippen LogP contribution in [0.5, 0.6) is 0 Å². The van der Waals surface area contributed by atoms with Crippen LogP contribution in [0.25, 0.3) is 0 Å². The summed E-state index contributed by atoms with van der Waals surface area (Å²) in [6.45, 7) is 7.55. The average Bonchev–Trinajstić information content (AvgIpc) is 2.62. The Morgan fingerprint density at radius 3 is 2.38 bits per heavy atom. The van der Waals surface area contributed by atoms with Crippen molar-refractivity contribution in [2.75, 3.05) is 9.62 Å². The molecule has 1 atom stereocenters. The third kappa shape index (κ3) is 4.61. The van der Waals surface area contributed by atoms with Crippen molar-refractivity contribution in [1.82, 2.24) is 0 Å². The molecule has 1 N–H and O–H groups in total. The number of rotatable bonds is 6. The predicted octanol–water partition coefficient (Wildman–Crippen LogP) is 4.58. The topological polar surface area (TPSA) is 66.5 Å². The van der Waals surface area contributed by atoms with E-state index in [2.05, 4.69) is 4.72 Å². The third-order valence-corrected chi connectivity index (χ3v) is 6.45. The number of carbonyl (C=O) groups is 1. The molecule has 156 valence electrons. The third-order valence-electron chi connectivity index (χ3n) is 5.19. The molecule has 2 aromatic rings. The van der Waals surface area contributed by atoms with Gasteiger partial charge < -0.3 is 4.90 Å². The van der Waals surface area contributed by atoms with Gasteiger partial charge >= 0.3 is 0 Å². The van der Waals surface area contributed by atoms with E-state index in [9.17, 15) is 17.6 Å². The summed E-state index contributed by atoms with van der Waals surface area (Å²) in [6.07, 6.45) is 1.15. The Hall–Kier alpha value is -2.41.